The molecule has 0 saturated heterocycles. The highest BCUT2D eigenvalue weighted by Crippen LogP contribution is 2.21. The molecule has 0 aliphatic carbocycles. The summed E-state index contributed by atoms with van der Waals surface area (Å²) in [7, 11) is 0. The molecule has 0 fully saturated rings. The number of para-hydroxylation sites is 2. The average molecular weight is 351 g/mol. The maximum atomic E-state index is 12.5. The van der Waals surface area contributed by atoms with Crippen LogP contribution in [0.2, 0.25) is 0 Å². The molecule has 134 valence electrons. The number of aromatic amines is 1. The van der Waals surface area contributed by atoms with Gasteiger partial charge in [-0.1, -0.05) is 38.1 Å². The van der Waals surface area contributed by atoms with Gasteiger partial charge in [0.15, 0.2) is 17.5 Å². The monoisotopic (exact) mass is 351 g/mol. The van der Waals surface area contributed by atoms with E-state index >= 15 is 0 Å². The highest BCUT2D eigenvalue weighted by atomic mass is 16.5. The minimum atomic E-state index is -0.893. The van der Waals surface area contributed by atoms with E-state index in [2.05, 4.69) is 26.2 Å². The molecule has 0 saturated carbocycles. The maximum Gasteiger partial charge on any atom is 0.226 e. The number of nitriles is 1. The lowest BCUT2D eigenvalue weighted by Gasteiger charge is -2.10. The van der Waals surface area contributed by atoms with E-state index in [1.165, 1.54) is 0 Å². The molecule has 0 radical (unpaired) electrons. The van der Waals surface area contributed by atoms with E-state index in [-0.39, 0.29) is 17.6 Å². The van der Waals surface area contributed by atoms with Crippen molar-refractivity contribution in [3.8, 4) is 6.07 Å². The van der Waals surface area contributed by atoms with Gasteiger partial charge in [-0.25, -0.2) is 4.98 Å². The van der Waals surface area contributed by atoms with Crippen LogP contribution >= 0.6 is 0 Å². The van der Waals surface area contributed by atoms with Gasteiger partial charge in [-0.3, -0.25) is 4.79 Å². The lowest BCUT2D eigenvalue weighted by atomic mass is 9.96. The molecule has 3 rings (SSSR count). The van der Waals surface area contributed by atoms with Crippen LogP contribution in [0.25, 0.3) is 11.0 Å². The number of aromatic nitrogens is 4. The third-order valence-corrected chi connectivity index (χ3v) is 4.08. The van der Waals surface area contributed by atoms with Crippen LogP contribution < -0.4 is 0 Å². The lowest BCUT2D eigenvalue weighted by Crippen LogP contribution is -2.13. The first-order valence-corrected chi connectivity index (χ1v) is 8.58. The van der Waals surface area contributed by atoms with E-state index in [1.807, 2.05) is 45.0 Å². The third kappa shape index (κ3) is 3.80. The summed E-state index contributed by atoms with van der Waals surface area (Å²) in [6.07, 6.45) is 1.30. The predicted octanol–water partition coefficient (Wildman–Crippen LogP) is 3.44. The number of rotatable bonds is 6. The summed E-state index contributed by atoms with van der Waals surface area (Å²) in [6.45, 7) is 6.03. The third-order valence-electron chi connectivity index (χ3n) is 4.08. The molecule has 0 amide bonds. The van der Waals surface area contributed by atoms with Gasteiger partial charge in [0, 0.05) is 18.3 Å². The van der Waals surface area contributed by atoms with Crippen molar-refractivity contribution in [1.82, 2.24) is 20.1 Å². The highest BCUT2D eigenvalue weighted by Gasteiger charge is 2.24. The summed E-state index contributed by atoms with van der Waals surface area (Å²) in [6, 6.07) is 9.52. The summed E-state index contributed by atoms with van der Waals surface area (Å²) in [4.78, 5) is 24.2. The van der Waals surface area contributed by atoms with E-state index < -0.39 is 5.92 Å². The minimum Gasteiger partial charge on any atom is -0.340 e. The fourth-order valence-corrected chi connectivity index (χ4v) is 2.61. The van der Waals surface area contributed by atoms with Crippen molar-refractivity contribution in [3.63, 3.8) is 0 Å². The van der Waals surface area contributed by atoms with Crippen molar-refractivity contribution in [2.45, 2.75) is 51.4 Å². The Kier molecular flexibility index (Phi) is 4.85. The van der Waals surface area contributed by atoms with Crippen LogP contribution in [0, 0.1) is 11.3 Å². The molecule has 1 aromatic carbocycles. The van der Waals surface area contributed by atoms with E-state index in [1.54, 1.807) is 0 Å². The van der Waals surface area contributed by atoms with Gasteiger partial charge in [-0.05, 0) is 18.6 Å². The molecule has 26 heavy (non-hydrogen) atoms. The van der Waals surface area contributed by atoms with Crippen LogP contribution in [-0.4, -0.2) is 25.9 Å². The van der Waals surface area contributed by atoms with Gasteiger partial charge in [0.05, 0.1) is 17.1 Å². The summed E-state index contributed by atoms with van der Waals surface area (Å²) in [5.74, 6) is 0.500. The highest BCUT2D eigenvalue weighted by molar-refractivity contribution is 5.88. The number of carbonyl (C=O) groups excluding carboxylic acids is 1. The number of H-pyrrole nitrogens is 1. The van der Waals surface area contributed by atoms with Crippen LogP contribution in [0.15, 0.2) is 28.8 Å². The number of nitrogens with zero attached hydrogens (tertiary/aromatic N) is 4. The number of hydrogen-bond donors (Lipinski definition) is 1. The molecule has 1 unspecified atom stereocenters. The van der Waals surface area contributed by atoms with Gasteiger partial charge in [0.25, 0.3) is 0 Å². The number of fused-ring (bicyclic) bond motifs is 1. The average Bonchev–Trinajstić information content (AvgIpc) is 3.21. The number of carbonyl (C=O) groups is 1. The smallest absolute Gasteiger partial charge is 0.226 e. The van der Waals surface area contributed by atoms with E-state index in [9.17, 15) is 10.1 Å². The molecular formula is C19H21N5O2. The van der Waals surface area contributed by atoms with Crippen molar-refractivity contribution < 1.29 is 9.32 Å². The number of imidazole rings is 1. The summed E-state index contributed by atoms with van der Waals surface area (Å²) >= 11 is 0. The fraction of sp³-hybridized carbons (Fsp3) is 0.421. The van der Waals surface area contributed by atoms with Gasteiger partial charge >= 0.3 is 0 Å². The van der Waals surface area contributed by atoms with Crippen molar-refractivity contribution in [1.29, 1.82) is 5.26 Å². The topological polar surface area (TPSA) is 108 Å². The number of aryl methyl sites for hydroxylation is 1. The Bertz CT molecular complexity index is 925. The molecule has 2 aromatic heterocycles. The first-order chi connectivity index (χ1) is 12.4. The molecule has 1 N–H and O–H groups in total. The number of ketones is 1. The Hall–Kier alpha value is -3.01. The Morgan fingerprint density at radius 3 is 2.73 bits per heavy atom. The molecule has 2 heterocycles. The quantitative estimate of drug-likeness (QED) is 0.728. The van der Waals surface area contributed by atoms with Crippen molar-refractivity contribution >= 4 is 16.8 Å². The van der Waals surface area contributed by atoms with Crippen molar-refractivity contribution in [2.75, 3.05) is 0 Å². The van der Waals surface area contributed by atoms with E-state index in [0.717, 1.165) is 11.0 Å². The summed E-state index contributed by atoms with van der Waals surface area (Å²) in [5, 5.41) is 13.4. The number of benzene rings is 1. The maximum absolute atomic E-state index is 12.5. The van der Waals surface area contributed by atoms with Crippen LogP contribution in [0.4, 0.5) is 0 Å². The molecule has 7 nitrogen and oxygen atoms in total. The predicted molar refractivity (Wildman–Crippen MR) is 95.4 cm³/mol. The normalized spacial score (nSPS) is 12.8. The second-order valence-corrected chi connectivity index (χ2v) is 7.28. The molecule has 0 bridgehead atoms. The first kappa shape index (κ1) is 17.8. The van der Waals surface area contributed by atoms with E-state index in [0.29, 0.717) is 30.4 Å². The van der Waals surface area contributed by atoms with E-state index in [4.69, 9.17) is 4.52 Å². The molecule has 0 aliphatic rings. The van der Waals surface area contributed by atoms with Crippen LogP contribution in [0.3, 0.4) is 0 Å². The number of Topliss-reactive ketones (excluding diaryl/α,β-unsaturated/α-hetero) is 1. The zero-order valence-electron chi connectivity index (χ0n) is 15.1. The fourth-order valence-electron chi connectivity index (χ4n) is 2.61. The van der Waals surface area contributed by atoms with Gasteiger partial charge in [-0.15, -0.1) is 0 Å². The number of nitrogens with one attached hydrogen (secondary N) is 1. The van der Waals surface area contributed by atoms with Gasteiger partial charge in [0.2, 0.25) is 5.89 Å². The van der Waals surface area contributed by atoms with Gasteiger partial charge < -0.3 is 9.51 Å². The Morgan fingerprint density at radius 2 is 2.08 bits per heavy atom. The van der Waals surface area contributed by atoms with Gasteiger partial charge in [-0.2, -0.15) is 10.2 Å². The molecule has 7 heteroatoms. The van der Waals surface area contributed by atoms with Crippen LogP contribution in [0.1, 0.15) is 57.1 Å². The van der Waals surface area contributed by atoms with Crippen LogP contribution in [0.5, 0.6) is 0 Å². The standard InChI is InChI=1S/C19H21N5O2/c1-19(2,3)18-23-16(26-24-18)10-6-9-15(25)12(11-20)17-21-13-7-4-5-8-14(13)22-17/h4-5,7-8,12H,6,9-10H2,1-3H3,(H,21,22). The molecule has 0 aliphatic heterocycles. The van der Waals surface area contributed by atoms with Crippen molar-refractivity contribution in [2.24, 2.45) is 0 Å². The SMILES string of the molecule is CC(C)(C)c1noc(CCCC(=O)C(C#N)c2nc3ccccc3[nH]2)n1. The zero-order valence-corrected chi connectivity index (χ0v) is 15.1. The zero-order chi connectivity index (χ0) is 18.7. The number of hydrogen-bond acceptors (Lipinski definition) is 6. The second-order valence-electron chi connectivity index (χ2n) is 7.28. The second kappa shape index (κ2) is 7.08. The van der Waals surface area contributed by atoms with Crippen molar-refractivity contribution in [3.05, 3.63) is 41.8 Å². The van der Waals surface area contributed by atoms with Crippen LogP contribution in [-0.2, 0) is 16.6 Å². The molecular weight excluding hydrogens is 330 g/mol. The molecule has 3 aromatic rings. The molecule has 1 atom stereocenters. The first-order valence-electron chi connectivity index (χ1n) is 8.58. The van der Waals surface area contributed by atoms with Gasteiger partial charge in [0.1, 0.15) is 5.82 Å². The summed E-state index contributed by atoms with van der Waals surface area (Å²) in [5.41, 5.74) is 1.39. The summed E-state index contributed by atoms with van der Waals surface area (Å²) < 4.78 is 5.23. The Labute approximate surface area is 151 Å². The Morgan fingerprint density at radius 1 is 1.31 bits per heavy atom. The molecule has 0 spiro atoms. The largest absolute Gasteiger partial charge is 0.340 e. The minimum absolute atomic E-state index is 0.165. The lowest BCUT2D eigenvalue weighted by molar-refractivity contribution is -0.119. The Balaban J connectivity index is 1.61.